The number of hydrogen-bond acceptors (Lipinski definition) is 4. The van der Waals surface area contributed by atoms with Crippen LogP contribution in [0.2, 0.25) is 0 Å². The van der Waals surface area contributed by atoms with Gasteiger partial charge in [0.2, 0.25) is 0 Å². The predicted molar refractivity (Wildman–Crippen MR) is 81.9 cm³/mol. The van der Waals surface area contributed by atoms with Crippen molar-refractivity contribution in [3.05, 3.63) is 28.8 Å². The molecule has 0 bridgehead atoms. The van der Waals surface area contributed by atoms with Crippen molar-refractivity contribution in [3.63, 3.8) is 0 Å². The minimum absolute atomic E-state index is 0.0890. The Labute approximate surface area is 128 Å². The van der Waals surface area contributed by atoms with Crippen LogP contribution in [0.3, 0.4) is 0 Å². The van der Waals surface area contributed by atoms with E-state index in [9.17, 15) is 14.7 Å². The highest BCUT2D eigenvalue weighted by atomic mass is 35.5. The Bertz CT molecular complexity index is 572. The monoisotopic (exact) mass is 313 g/mol. The van der Waals surface area contributed by atoms with E-state index in [1.165, 1.54) is 0 Å². The number of nitrogens with one attached hydrogen (secondary N) is 1. The van der Waals surface area contributed by atoms with Crippen molar-refractivity contribution in [1.82, 2.24) is 0 Å². The summed E-state index contributed by atoms with van der Waals surface area (Å²) in [5.74, 6) is -2.21. The van der Waals surface area contributed by atoms with Crippen LogP contribution < -0.4 is 0 Å². The molecule has 1 rings (SSSR count). The zero-order valence-corrected chi connectivity index (χ0v) is 12.9. The van der Waals surface area contributed by atoms with Crippen LogP contribution in [0, 0.1) is 12.3 Å². The van der Waals surface area contributed by atoms with Gasteiger partial charge in [-0.05, 0) is 30.5 Å². The number of thiol groups is 1. The number of carbonyl (C=O) groups is 2. The van der Waals surface area contributed by atoms with Crippen molar-refractivity contribution in [1.29, 1.82) is 5.41 Å². The van der Waals surface area contributed by atoms with Crippen LogP contribution in [0.1, 0.15) is 40.7 Å². The number of carboxylic acid groups (broad SMARTS) is 1. The second kappa shape index (κ2) is 6.90. The molecule has 0 radical (unpaired) electrons. The quantitative estimate of drug-likeness (QED) is 0.428. The molecule has 1 aromatic rings. The average Bonchev–Trinajstić information content (AvgIpc) is 2.40. The van der Waals surface area contributed by atoms with Crippen molar-refractivity contribution in [2.24, 2.45) is 0 Å². The summed E-state index contributed by atoms with van der Waals surface area (Å²) >= 11 is 9.63. The van der Waals surface area contributed by atoms with Crippen LogP contribution in [0.15, 0.2) is 17.0 Å². The number of Topliss-reactive ketones (excluding diaryl/α,β-unsaturated/α-hetero) is 1. The van der Waals surface area contributed by atoms with E-state index < -0.39 is 17.7 Å². The molecule has 0 fully saturated rings. The van der Waals surface area contributed by atoms with E-state index in [0.29, 0.717) is 22.4 Å². The lowest BCUT2D eigenvalue weighted by Gasteiger charge is -2.19. The molecule has 0 spiro atoms. The minimum Gasteiger partial charge on any atom is -0.478 e. The molecule has 108 valence electrons. The van der Waals surface area contributed by atoms with E-state index in [-0.39, 0.29) is 17.2 Å². The second-order valence-electron chi connectivity index (χ2n) is 4.41. The Morgan fingerprint density at radius 2 is 2.05 bits per heavy atom. The Balaban J connectivity index is 3.38. The van der Waals surface area contributed by atoms with Gasteiger partial charge < -0.3 is 10.5 Å². The molecule has 0 aliphatic heterocycles. The van der Waals surface area contributed by atoms with Gasteiger partial charge in [0.1, 0.15) is 0 Å². The van der Waals surface area contributed by atoms with Crippen molar-refractivity contribution in [2.75, 3.05) is 5.88 Å². The molecule has 1 atom stereocenters. The van der Waals surface area contributed by atoms with Crippen LogP contribution in [-0.4, -0.2) is 28.5 Å². The SMILES string of the molecule is CCC(C(=N)C(=O)CCl)c1ccc(S)c(C(=O)O)c1C. The van der Waals surface area contributed by atoms with Gasteiger partial charge in [-0.25, -0.2) is 4.79 Å². The van der Waals surface area contributed by atoms with E-state index >= 15 is 0 Å². The highest BCUT2D eigenvalue weighted by Gasteiger charge is 2.25. The third-order valence-corrected chi connectivity index (χ3v) is 3.87. The molecular weight excluding hydrogens is 298 g/mol. The Hall–Kier alpha value is -1.33. The number of benzene rings is 1. The fourth-order valence-corrected chi connectivity index (χ4v) is 2.69. The van der Waals surface area contributed by atoms with E-state index in [0.717, 1.165) is 0 Å². The second-order valence-corrected chi connectivity index (χ2v) is 5.16. The van der Waals surface area contributed by atoms with Crippen molar-refractivity contribution in [2.45, 2.75) is 31.1 Å². The first-order valence-corrected chi connectivity index (χ1v) is 7.06. The lowest BCUT2D eigenvalue weighted by Crippen LogP contribution is -2.23. The summed E-state index contributed by atoms with van der Waals surface area (Å²) in [5.41, 5.74) is 1.21. The van der Waals surface area contributed by atoms with Gasteiger partial charge in [-0.2, -0.15) is 0 Å². The maximum atomic E-state index is 11.6. The average molecular weight is 314 g/mol. The van der Waals surface area contributed by atoms with Crippen LogP contribution in [0.5, 0.6) is 0 Å². The first-order chi connectivity index (χ1) is 9.34. The number of aromatic carboxylic acids is 1. The number of rotatable bonds is 6. The Morgan fingerprint density at radius 3 is 2.50 bits per heavy atom. The largest absolute Gasteiger partial charge is 0.478 e. The zero-order chi connectivity index (χ0) is 15.4. The third-order valence-electron chi connectivity index (χ3n) is 3.25. The first-order valence-electron chi connectivity index (χ1n) is 6.08. The zero-order valence-electron chi connectivity index (χ0n) is 11.2. The van der Waals surface area contributed by atoms with E-state index in [1.807, 2.05) is 6.92 Å². The molecule has 20 heavy (non-hydrogen) atoms. The van der Waals surface area contributed by atoms with Crippen molar-refractivity contribution < 1.29 is 14.7 Å². The summed E-state index contributed by atoms with van der Waals surface area (Å²) in [6.45, 7) is 3.51. The maximum absolute atomic E-state index is 11.6. The Morgan fingerprint density at radius 1 is 1.45 bits per heavy atom. The topological polar surface area (TPSA) is 78.2 Å². The van der Waals surface area contributed by atoms with Gasteiger partial charge in [-0.3, -0.25) is 4.79 Å². The number of hydrogen-bond donors (Lipinski definition) is 3. The van der Waals surface area contributed by atoms with Gasteiger partial charge in [0.25, 0.3) is 0 Å². The van der Waals surface area contributed by atoms with Gasteiger partial charge in [0, 0.05) is 10.8 Å². The molecule has 0 saturated heterocycles. The van der Waals surface area contributed by atoms with Crippen LogP contribution in [0.25, 0.3) is 0 Å². The molecule has 0 aromatic heterocycles. The van der Waals surface area contributed by atoms with Crippen molar-refractivity contribution in [3.8, 4) is 0 Å². The highest BCUT2D eigenvalue weighted by Crippen LogP contribution is 2.30. The minimum atomic E-state index is -1.07. The Kier molecular flexibility index (Phi) is 5.77. The van der Waals surface area contributed by atoms with Crippen LogP contribution in [0.4, 0.5) is 0 Å². The molecule has 4 nitrogen and oxygen atoms in total. The fourth-order valence-electron chi connectivity index (χ4n) is 2.21. The smallest absolute Gasteiger partial charge is 0.337 e. The van der Waals surface area contributed by atoms with E-state index in [4.69, 9.17) is 17.0 Å². The molecular formula is C14H16ClNO3S. The van der Waals surface area contributed by atoms with Crippen LogP contribution >= 0.6 is 24.2 Å². The number of carboxylic acids is 1. The predicted octanol–water partition coefficient (Wildman–Crippen LogP) is 3.30. The fraction of sp³-hybridized carbons (Fsp3) is 0.357. The van der Waals surface area contributed by atoms with Crippen LogP contribution in [-0.2, 0) is 4.79 Å². The summed E-state index contributed by atoms with van der Waals surface area (Å²) < 4.78 is 0. The number of alkyl halides is 1. The van der Waals surface area contributed by atoms with Gasteiger partial charge in [-0.15, -0.1) is 24.2 Å². The number of halogens is 1. The lowest BCUT2D eigenvalue weighted by atomic mass is 9.85. The summed E-state index contributed by atoms with van der Waals surface area (Å²) in [6, 6.07) is 3.30. The third kappa shape index (κ3) is 3.22. The molecule has 2 N–H and O–H groups in total. The molecule has 1 unspecified atom stereocenters. The molecule has 0 amide bonds. The standard InChI is InChI=1S/C14H16ClNO3S/c1-3-8(13(16)10(17)6-15)9-4-5-11(20)12(7(9)2)14(18)19/h4-5,8,16,20H,3,6H2,1-2H3,(H,18,19). The van der Waals surface area contributed by atoms with Gasteiger partial charge in [0.05, 0.1) is 17.2 Å². The summed E-state index contributed by atoms with van der Waals surface area (Å²) in [7, 11) is 0. The molecule has 1 aromatic carbocycles. The van der Waals surface area contributed by atoms with Gasteiger partial charge >= 0.3 is 5.97 Å². The molecule has 0 heterocycles. The molecule has 0 saturated carbocycles. The molecule has 0 aliphatic rings. The van der Waals surface area contributed by atoms with Gasteiger partial charge in [0.15, 0.2) is 5.78 Å². The number of ketones is 1. The maximum Gasteiger partial charge on any atom is 0.337 e. The normalized spacial score (nSPS) is 12.0. The lowest BCUT2D eigenvalue weighted by molar-refractivity contribution is -0.111. The van der Waals surface area contributed by atoms with E-state index in [1.54, 1.807) is 19.1 Å². The summed E-state index contributed by atoms with van der Waals surface area (Å²) in [6.07, 6.45) is 0.521. The van der Waals surface area contributed by atoms with Crippen molar-refractivity contribution >= 4 is 41.7 Å². The first kappa shape index (κ1) is 16.7. The number of carbonyl (C=O) groups excluding carboxylic acids is 1. The summed E-state index contributed by atoms with van der Waals surface area (Å²) in [4.78, 5) is 23.2. The molecule has 6 heteroatoms. The highest BCUT2D eigenvalue weighted by molar-refractivity contribution is 7.80. The van der Waals surface area contributed by atoms with Gasteiger partial charge in [-0.1, -0.05) is 13.0 Å². The van der Waals surface area contributed by atoms with E-state index in [2.05, 4.69) is 12.6 Å². The summed E-state index contributed by atoms with van der Waals surface area (Å²) in [5, 5.41) is 17.1. The molecule has 0 aliphatic carbocycles.